The molecule has 106 heavy (non-hydrogen) atoms. The third-order valence-electron chi connectivity index (χ3n) is 25.8. The van der Waals surface area contributed by atoms with Crippen LogP contribution >= 0.6 is 0 Å². The maximum absolute atomic E-state index is 16.2. The molecule has 0 spiro atoms. The minimum absolute atomic E-state index is 0.0239. The summed E-state index contributed by atoms with van der Waals surface area (Å²) in [4.78, 5) is 68.3. The molecule has 16 N–H and O–H groups in total. The minimum atomic E-state index is -2.31. The molecule has 6 aliphatic heterocycles. The van der Waals surface area contributed by atoms with Crippen LogP contribution in [-0.4, -0.2) is 329 Å². The van der Waals surface area contributed by atoms with Crippen molar-refractivity contribution in [1.82, 2.24) is 0 Å². The number of aliphatic hydroxyl groups excluding tert-OH is 14. The molecule has 4 saturated carbocycles. The van der Waals surface area contributed by atoms with Crippen molar-refractivity contribution in [3.8, 4) is 0 Å². The van der Waals surface area contributed by atoms with Gasteiger partial charge in [-0.2, -0.15) is 0 Å². The second-order valence-electron chi connectivity index (χ2n) is 32.7. The largest absolute Gasteiger partial charge is 0.481 e. The average Bonchev–Trinajstić information content (AvgIpc) is 0.718. The van der Waals surface area contributed by atoms with Crippen LogP contribution in [0.2, 0.25) is 0 Å². The molecule has 0 bridgehead atoms. The van der Waals surface area contributed by atoms with Crippen LogP contribution in [0.25, 0.3) is 0 Å². The third kappa shape index (κ3) is 14.5. The van der Waals surface area contributed by atoms with Gasteiger partial charge in [-0.25, -0.2) is 0 Å². The molecule has 604 valence electrons. The van der Waals surface area contributed by atoms with Crippen LogP contribution in [0.15, 0.2) is 11.6 Å². The number of hydrogen-bond acceptors (Lipinski definition) is 35. The van der Waals surface area contributed by atoms with Crippen molar-refractivity contribution in [3.63, 3.8) is 0 Å². The number of carboxylic acids is 1. The Morgan fingerprint density at radius 2 is 1.09 bits per heavy atom. The molecule has 0 radical (unpaired) electrons. The molecule has 11 aliphatic rings. The lowest BCUT2D eigenvalue weighted by Crippen LogP contribution is -2.71. The van der Waals surface area contributed by atoms with Crippen molar-refractivity contribution in [1.29, 1.82) is 0 Å². The van der Waals surface area contributed by atoms with Gasteiger partial charge in [-0.15, -0.1) is 0 Å². The molecular weight excluding hydrogens is 1420 g/mol. The second-order valence-corrected chi connectivity index (χ2v) is 32.7. The highest BCUT2D eigenvalue weighted by Gasteiger charge is 2.74. The Morgan fingerprint density at radius 1 is 0.538 bits per heavy atom. The van der Waals surface area contributed by atoms with Crippen LogP contribution < -0.4 is 0 Å². The number of aliphatic hydroxyl groups is 15. The molecule has 0 amide bonds. The van der Waals surface area contributed by atoms with Gasteiger partial charge in [0.2, 0.25) is 6.29 Å². The van der Waals surface area contributed by atoms with E-state index in [1.54, 1.807) is 0 Å². The number of carboxylic acid groups (broad SMARTS) is 1. The lowest BCUT2D eigenvalue weighted by molar-refractivity contribution is -0.388. The van der Waals surface area contributed by atoms with E-state index in [0.29, 0.717) is 25.7 Å². The van der Waals surface area contributed by atoms with Crippen molar-refractivity contribution in [2.75, 3.05) is 39.6 Å². The first-order valence-electron chi connectivity index (χ1n) is 36.4. The van der Waals surface area contributed by atoms with Crippen LogP contribution in [0.3, 0.4) is 0 Å². The van der Waals surface area contributed by atoms with Crippen LogP contribution in [0.4, 0.5) is 0 Å². The zero-order valence-corrected chi connectivity index (χ0v) is 60.9. The van der Waals surface area contributed by atoms with Crippen LogP contribution in [0.5, 0.6) is 0 Å². The Bertz CT molecular complexity index is 3180. The summed E-state index contributed by atoms with van der Waals surface area (Å²) in [6.45, 7) is 11.4. The zero-order valence-electron chi connectivity index (χ0n) is 60.9. The number of esters is 4. The molecule has 36 heteroatoms. The number of fused-ring (bicyclic) bond motifs is 7. The molecule has 5 aliphatic carbocycles. The van der Waals surface area contributed by atoms with Gasteiger partial charge in [0, 0.05) is 26.2 Å². The van der Waals surface area contributed by atoms with Crippen LogP contribution in [0, 0.1) is 50.2 Å². The van der Waals surface area contributed by atoms with Gasteiger partial charge < -0.3 is 153 Å². The number of carbonyl (C=O) groups is 5. The van der Waals surface area contributed by atoms with E-state index in [0.717, 1.165) is 26.3 Å². The molecule has 36 nitrogen and oxygen atoms in total. The van der Waals surface area contributed by atoms with Crippen molar-refractivity contribution in [3.05, 3.63) is 11.6 Å². The highest BCUT2D eigenvalue weighted by molar-refractivity contribution is 5.79. The van der Waals surface area contributed by atoms with Crippen molar-refractivity contribution in [2.45, 2.75) is 305 Å². The van der Waals surface area contributed by atoms with Gasteiger partial charge in [0.05, 0.1) is 62.2 Å². The van der Waals surface area contributed by atoms with Crippen LogP contribution in [0.1, 0.15) is 127 Å². The number of carbonyl (C=O) groups excluding carboxylic acids is 4. The summed E-state index contributed by atoms with van der Waals surface area (Å²) < 4.78 is 90.0. The number of hydrogen-bond donors (Lipinski definition) is 16. The van der Waals surface area contributed by atoms with Crippen molar-refractivity contribution >= 4 is 29.8 Å². The Hall–Kier alpha value is -3.95. The fourth-order valence-corrected chi connectivity index (χ4v) is 19.9. The van der Waals surface area contributed by atoms with E-state index < -0.39 is 297 Å². The van der Waals surface area contributed by atoms with Gasteiger partial charge in [-0.3, -0.25) is 24.0 Å². The zero-order chi connectivity index (χ0) is 77.8. The molecule has 6 heterocycles. The molecule has 0 aromatic heterocycles. The lowest BCUT2D eigenvalue weighted by Gasteiger charge is -2.71. The normalized spacial score (nSPS) is 50.7. The summed E-state index contributed by atoms with van der Waals surface area (Å²) in [5.41, 5.74) is -8.14. The maximum Gasteiger partial charge on any atom is 0.315 e. The number of aliphatic carboxylic acids is 1. The van der Waals surface area contributed by atoms with E-state index in [4.69, 9.17) is 71.1 Å². The standard InChI is InChI=1S/C70H108O36/c1-27-49(102-56-45(83)42(80)37(23-92-56)101-57-46(84)43(81)40(78)35(21-71)99-57)51(103-61-54(87)70(91,26-94-61)25-93-29(3)74)48(86)59(95-27)104-53-52(98-31(5)76)50(97-30(4)75)28(2)96-60(53)106-63(90)68-16-15-64(6,7)19-33(68)32-11-12-38-65(8)20-34(77)55(105-58-47(85)44(82)41(79)36(22-72)100-58)67(10,62(88)89)39(65)13-14-66(38,9)69(32,24-73)18-17-68/h11,27-28,33-61,71-73,77-87,91H,12-26H2,1-10H3,(H,88,89). The van der Waals surface area contributed by atoms with Gasteiger partial charge in [-0.1, -0.05) is 39.3 Å². The summed E-state index contributed by atoms with van der Waals surface area (Å²) in [7, 11) is 0. The lowest BCUT2D eigenvalue weighted by atomic mass is 9.33. The second kappa shape index (κ2) is 31.2. The Labute approximate surface area is 610 Å². The van der Waals surface area contributed by atoms with Gasteiger partial charge in [0.25, 0.3) is 0 Å². The fourth-order valence-electron chi connectivity index (χ4n) is 19.9. The van der Waals surface area contributed by atoms with Gasteiger partial charge >= 0.3 is 29.8 Å². The van der Waals surface area contributed by atoms with Gasteiger partial charge in [-0.05, 0) is 113 Å². The summed E-state index contributed by atoms with van der Waals surface area (Å²) in [6, 6.07) is 0. The molecule has 37 unspecified atom stereocenters. The monoisotopic (exact) mass is 1520 g/mol. The first-order valence-corrected chi connectivity index (χ1v) is 36.4. The van der Waals surface area contributed by atoms with Crippen molar-refractivity contribution < 1.29 is 177 Å². The molecule has 11 rings (SSSR count). The van der Waals surface area contributed by atoms with E-state index >= 15 is 4.79 Å². The molecular formula is C70H108O36. The summed E-state index contributed by atoms with van der Waals surface area (Å²) >= 11 is 0. The highest BCUT2D eigenvalue weighted by atomic mass is 16.8. The Kier molecular flexibility index (Phi) is 24.4. The highest BCUT2D eigenvalue weighted by Crippen LogP contribution is 2.76. The molecule has 0 aromatic carbocycles. The first-order chi connectivity index (χ1) is 49.6. The summed E-state index contributed by atoms with van der Waals surface area (Å²) in [5, 5.41) is 178. The number of allylic oxidation sites excluding steroid dienone is 1. The maximum atomic E-state index is 16.2. The van der Waals surface area contributed by atoms with E-state index in [-0.39, 0.29) is 32.1 Å². The smallest absolute Gasteiger partial charge is 0.315 e. The minimum Gasteiger partial charge on any atom is -0.481 e. The predicted molar refractivity (Wildman–Crippen MR) is 347 cm³/mol. The van der Waals surface area contributed by atoms with Crippen LogP contribution in [-0.2, 0) is 95.0 Å². The van der Waals surface area contributed by atoms with Crippen molar-refractivity contribution in [2.24, 2.45) is 50.2 Å². The predicted octanol–water partition coefficient (Wildman–Crippen LogP) is -4.33. The number of rotatable bonds is 20. The summed E-state index contributed by atoms with van der Waals surface area (Å²) in [6.07, 6.45) is -45.2. The average molecular weight is 1530 g/mol. The van der Waals surface area contributed by atoms with Gasteiger partial charge in [0.15, 0.2) is 55.4 Å². The molecule has 6 saturated heterocycles. The molecule has 10 fully saturated rings. The number of ether oxygens (including phenoxy) is 15. The Morgan fingerprint density at radius 3 is 1.69 bits per heavy atom. The Balaban J connectivity index is 0.892. The van der Waals surface area contributed by atoms with E-state index in [9.17, 15) is 101 Å². The van der Waals surface area contributed by atoms with Gasteiger partial charge in [0.1, 0.15) is 104 Å². The molecule has 37 atom stereocenters. The fraction of sp³-hybridized carbons (Fsp3) is 0.900. The quantitative estimate of drug-likeness (QED) is 0.0237. The van der Waals surface area contributed by atoms with E-state index in [2.05, 4.69) is 20.8 Å². The SMILES string of the molecule is CC(=O)OCC1(O)COC(OC2C(O)C(OC3C(OC(=O)C45CCC(C)(C)CC4C4=CCC6C7(C)CC(O)C(OC8OC(CO)C(O)C(O)C8O)C(C)(C(=O)O)C7CCC6(C)C4(CO)CC5)OC(C)C(OC(C)=O)C3OC(C)=O)OC(C)C2OC2OCC(OC3OC(CO)C(O)C(O)C3O)C(O)C2O)C1O. The van der Waals surface area contributed by atoms with E-state index in [1.807, 2.05) is 13.0 Å². The topological polar surface area (TPSA) is 547 Å². The molecule has 0 aromatic rings. The summed E-state index contributed by atoms with van der Waals surface area (Å²) in [5.74, 6) is -6.60. The third-order valence-corrected chi connectivity index (χ3v) is 25.8. The first kappa shape index (κ1) is 83.0. The van der Waals surface area contributed by atoms with E-state index in [1.165, 1.54) is 20.8 Å².